The molecule has 3 aromatic carbocycles. The van der Waals surface area contributed by atoms with E-state index < -0.39 is 0 Å². The zero-order chi connectivity index (χ0) is 21.5. The van der Waals surface area contributed by atoms with Crippen LogP contribution in [0.3, 0.4) is 0 Å². The Bertz CT molecular complexity index is 1110. The molecular formula is C24H23N3O3S. The van der Waals surface area contributed by atoms with Crippen LogP contribution < -0.4 is 14.2 Å². The Balaban J connectivity index is 1.54. The molecule has 31 heavy (non-hydrogen) atoms. The Morgan fingerprint density at radius 1 is 0.774 bits per heavy atom. The van der Waals surface area contributed by atoms with Gasteiger partial charge in [0.25, 0.3) is 0 Å². The van der Waals surface area contributed by atoms with Crippen molar-refractivity contribution in [1.82, 2.24) is 14.8 Å². The second-order valence-corrected chi connectivity index (χ2v) is 7.61. The van der Waals surface area contributed by atoms with Gasteiger partial charge in [-0.15, -0.1) is 10.2 Å². The molecule has 0 saturated carbocycles. The molecule has 0 spiro atoms. The lowest BCUT2D eigenvalue weighted by Crippen LogP contribution is -2.04. The van der Waals surface area contributed by atoms with Gasteiger partial charge in [-0.2, -0.15) is 0 Å². The number of hydrogen-bond acceptors (Lipinski definition) is 6. The highest BCUT2D eigenvalue weighted by atomic mass is 32.2. The van der Waals surface area contributed by atoms with Crippen molar-refractivity contribution in [3.8, 4) is 34.3 Å². The molecule has 0 aliphatic carbocycles. The summed E-state index contributed by atoms with van der Waals surface area (Å²) in [5, 5.41) is 9.74. The highest BCUT2D eigenvalue weighted by molar-refractivity contribution is 7.99. The zero-order valence-electron chi connectivity index (χ0n) is 17.4. The number of rotatable bonds is 9. The van der Waals surface area contributed by atoms with Gasteiger partial charge < -0.3 is 14.2 Å². The molecule has 0 amide bonds. The Labute approximate surface area is 185 Å². The molecule has 4 aromatic rings. The van der Waals surface area contributed by atoms with Crippen LogP contribution in [0.2, 0.25) is 0 Å². The SMILES string of the molecule is COc1ccc(OCCSc2nnc(-c3ccccc3OC)n2-c2ccccc2)cc1. The van der Waals surface area contributed by atoms with Gasteiger partial charge in [-0.3, -0.25) is 4.57 Å². The summed E-state index contributed by atoms with van der Waals surface area (Å²) in [5.41, 5.74) is 1.88. The average molecular weight is 434 g/mol. The standard InChI is InChI=1S/C24H23N3O3S/c1-28-19-12-14-20(15-13-19)30-16-17-31-24-26-25-23(21-10-6-7-11-22(21)29-2)27(24)18-8-4-3-5-9-18/h3-15H,16-17H2,1-2H3. The summed E-state index contributed by atoms with van der Waals surface area (Å²) in [7, 11) is 3.31. The molecule has 0 atom stereocenters. The lowest BCUT2D eigenvalue weighted by molar-refractivity contribution is 0.342. The van der Waals surface area contributed by atoms with Crippen molar-refractivity contribution in [2.45, 2.75) is 5.16 Å². The topological polar surface area (TPSA) is 58.4 Å². The van der Waals surface area contributed by atoms with Crippen LogP contribution in [-0.4, -0.2) is 41.3 Å². The quantitative estimate of drug-likeness (QED) is 0.270. The number of benzene rings is 3. The van der Waals surface area contributed by atoms with Crippen LogP contribution in [0.1, 0.15) is 0 Å². The molecule has 0 unspecified atom stereocenters. The maximum Gasteiger partial charge on any atom is 0.196 e. The van der Waals surface area contributed by atoms with Crippen LogP contribution in [0.4, 0.5) is 0 Å². The molecule has 0 radical (unpaired) electrons. The molecule has 4 rings (SSSR count). The van der Waals surface area contributed by atoms with Gasteiger partial charge in [-0.05, 0) is 48.5 Å². The number of thioether (sulfide) groups is 1. The van der Waals surface area contributed by atoms with E-state index in [1.54, 1.807) is 26.0 Å². The van der Waals surface area contributed by atoms with Crippen LogP contribution in [-0.2, 0) is 0 Å². The molecule has 1 aromatic heterocycles. The van der Waals surface area contributed by atoms with Gasteiger partial charge >= 0.3 is 0 Å². The van der Waals surface area contributed by atoms with E-state index in [9.17, 15) is 0 Å². The van der Waals surface area contributed by atoms with E-state index in [4.69, 9.17) is 14.2 Å². The van der Waals surface area contributed by atoms with E-state index >= 15 is 0 Å². The Morgan fingerprint density at radius 2 is 1.48 bits per heavy atom. The minimum Gasteiger partial charge on any atom is -0.497 e. The van der Waals surface area contributed by atoms with Crippen molar-refractivity contribution >= 4 is 11.8 Å². The minimum absolute atomic E-state index is 0.544. The summed E-state index contributed by atoms with van der Waals surface area (Å²) < 4.78 is 18.6. The van der Waals surface area contributed by atoms with Gasteiger partial charge in [-0.1, -0.05) is 42.1 Å². The first kappa shape index (κ1) is 20.8. The summed E-state index contributed by atoms with van der Waals surface area (Å²) >= 11 is 1.60. The molecule has 0 aliphatic heterocycles. The maximum atomic E-state index is 5.85. The molecule has 7 heteroatoms. The molecule has 0 saturated heterocycles. The number of nitrogens with zero attached hydrogens (tertiary/aromatic N) is 3. The molecular weight excluding hydrogens is 410 g/mol. The third-order valence-electron chi connectivity index (χ3n) is 4.64. The van der Waals surface area contributed by atoms with Gasteiger partial charge in [0, 0.05) is 11.4 Å². The third-order valence-corrected chi connectivity index (χ3v) is 5.53. The van der Waals surface area contributed by atoms with E-state index in [0.29, 0.717) is 6.61 Å². The summed E-state index contributed by atoms with van der Waals surface area (Å²) in [5.74, 6) is 3.83. The fraction of sp³-hybridized carbons (Fsp3) is 0.167. The highest BCUT2D eigenvalue weighted by Crippen LogP contribution is 2.33. The second kappa shape index (κ2) is 10.0. The summed E-state index contributed by atoms with van der Waals surface area (Å²) in [4.78, 5) is 0. The lowest BCUT2D eigenvalue weighted by Gasteiger charge is -2.12. The second-order valence-electron chi connectivity index (χ2n) is 6.55. The molecule has 158 valence electrons. The van der Waals surface area contributed by atoms with E-state index in [1.165, 1.54) is 0 Å². The van der Waals surface area contributed by atoms with Gasteiger partial charge in [0.1, 0.15) is 17.2 Å². The van der Waals surface area contributed by atoms with Crippen molar-refractivity contribution in [2.75, 3.05) is 26.6 Å². The Kier molecular flexibility index (Phi) is 6.74. The smallest absolute Gasteiger partial charge is 0.196 e. The van der Waals surface area contributed by atoms with Crippen LogP contribution in [0.25, 0.3) is 17.1 Å². The minimum atomic E-state index is 0.544. The Hall–Kier alpha value is -3.45. The molecule has 0 fully saturated rings. The van der Waals surface area contributed by atoms with Crippen molar-refractivity contribution in [3.05, 3.63) is 78.9 Å². The first-order valence-corrected chi connectivity index (χ1v) is 10.8. The maximum absolute atomic E-state index is 5.85. The van der Waals surface area contributed by atoms with E-state index in [0.717, 1.165) is 45.2 Å². The normalized spacial score (nSPS) is 10.6. The fourth-order valence-electron chi connectivity index (χ4n) is 3.14. The lowest BCUT2D eigenvalue weighted by atomic mass is 10.2. The number of methoxy groups -OCH3 is 2. The molecule has 0 bridgehead atoms. The van der Waals surface area contributed by atoms with Crippen LogP contribution in [0.5, 0.6) is 17.2 Å². The van der Waals surface area contributed by atoms with Crippen LogP contribution >= 0.6 is 11.8 Å². The van der Waals surface area contributed by atoms with Crippen molar-refractivity contribution in [3.63, 3.8) is 0 Å². The molecule has 6 nitrogen and oxygen atoms in total. The van der Waals surface area contributed by atoms with E-state index in [1.807, 2.05) is 78.9 Å². The van der Waals surface area contributed by atoms with Gasteiger partial charge in [0.2, 0.25) is 0 Å². The highest BCUT2D eigenvalue weighted by Gasteiger charge is 2.18. The molecule has 0 N–H and O–H groups in total. The van der Waals surface area contributed by atoms with E-state index in [-0.39, 0.29) is 0 Å². The first-order chi connectivity index (χ1) is 15.3. The first-order valence-electron chi connectivity index (χ1n) is 9.84. The summed E-state index contributed by atoms with van der Waals surface area (Å²) in [6, 6.07) is 25.5. The van der Waals surface area contributed by atoms with Crippen molar-refractivity contribution < 1.29 is 14.2 Å². The van der Waals surface area contributed by atoms with Gasteiger partial charge in [0.15, 0.2) is 11.0 Å². The van der Waals surface area contributed by atoms with Crippen molar-refractivity contribution in [1.29, 1.82) is 0 Å². The number of hydrogen-bond donors (Lipinski definition) is 0. The monoisotopic (exact) mass is 433 g/mol. The number of para-hydroxylation sites is 2. The van der Waals surface area contributed by atoms with Gasteiger partial charge in [0.05, 0.1) is 26.4 Å². The zero-order valence-corrected chi connectivity index (χ0v) is 18.2. The van der Waals surface area contributed by atoms with Gasteiger partial charge in [-0.25, -0.2) is 0 Å². The predicted molar refractivity (Wildman–Crippen MR) is 123 cm³/mol. The third kappa shape index (κ3) is 4.83. The van der Waals surface area contributed by atoms with Crippen LogP contribution in [0, 0.1) is 0 Å². The number of aromatic nitrogens is 3. The van der Waals surface area contributed by atoms with E-state index in [2.05, 4.69) is 14.8 Å². The largest absolute Gasteiger partial charge is 0.497 e. The Morgan fingerprint density at radius 3 is 2.23 bits per heavy atom. The average Bonchev–Trinajstić information content (AvgIpc) is 3.26. The fourth-order valence-corrected chi connectivity index (χ4v) is 3.91. The van der Waals surface area contributed by atoms with Crippen molar-refractivity contribution in [2.24, 2.45) is 0 Å². The molecule has 0 aliphatic rings. The summed E-state index contributed by atoms with van der Waals surface area (Å²) in [6.45, 7) is 0.544. The molecule has 1 heterocycles. The predicted octanol–water partition coefficient (Wildman–Crippen LogP) is 5.12. The number of ether oxygens (including phenoxy) is 3. The summed E-state index contributed by atoms with van der Waals surface area (Å²) in [6.07, 6.45) is 0. The van der Waals surface area contributed by atoms with Crippen LogP contribution in [0.15, 0.2) is 84.0 Å².